The van der Waals surface area contributed by atoms with Crippen LogP contribution >= 0.6 is 0 Å². The topological polar surface area (TPSA) is 76.4 Å². The van der Waals surface area contributed by atoms with Gasteiger partial charge in [-0.2, -0.15) is 0 Å². The Kier molecular flexibility index (Phi) is 3.72. The van der Waals surface area contributed by atoms with E-state index >= 15 is 0 Å². The van der Waals surface area contributed by atoms with E-state index in [0.29, 0.717) is 11.7 Å². The molecule has 1 aromatic heterocycles. The van der Waals surface area contributed by atoms with Gasteiger partial charge in [0.15, 0.2) is 9.84 Å². The van der Waals surface area contributed by atoms with E-state index in [4.69, 9.17) is 4.42 Å². The molecule has 6 heteroatoms. The maximum absolute atomic E-state index is 12.2. The lowest BCUT2D eigenvalue weighted by atomic mass is 10.1. The summed E-state index contributed by atoms with van der Waals surface area (Å²) in [4.78, 5) is 12.2. The molecule has 0 radical (unpaired) electrons. The second kappa shape index (κ2) is 5.43. The zero-order valence-corrected chi connectivity index (χ0v) is 13.4. The highest BCUT2D eigenvalue weighted by molar-refractivity contribution is 7.92. The summed E-state index contributed by atoms with van der Waals surface area (Å²) < 4.78 is 28.9. The van der Waals surface area contributed by atoms with Crippen molar-refractivity contribution in [2.45, 2.75) is 31.1 Å². The molecule has 1 aliphatic carbocycles. The van der Waals surface area contributed by atoms with Gasteiger partial charge in [-0.15, -0.1) is 0 Å². The standard InChI is InChI=1S/C16H19NO4S/c1-10(22(2,19)20)16(18)17-15(11-7-8-11)14-9-12-5-3-4-6-13(12)21-14/h3-6,9-11,15H,7-8H2,1-2H3,(H,17,18)/t10-,15-/m0/s1. The molecule has 1 heterocycles. The molecule has 2 aromatic rings. The maximum Gasteiger partial charge on any atom is 0.238 e. The molecule has 1 amide bonds. The molecule has 0 unspecified atom stereocenters. The molecule has 0 bridgehead atoms. The second-order valence-electron chi connectivity index (χ2n) is 5.98. The Hall–Kier alpha value is -1.82. The highest BCUT2D eigenvalue weighted by Gasteiger charge is 2.37. The Labute approximate surface area is 129 Å². The Morgan fingerprint density at radius 2 is 2.00 bits per heavy atom. The number of carbonyl (C=O) groups is 1. The summed E-state index contributed by atoms with van der Waals surface area (Å²) in [7, 11) is -3.40. The summed E-state index contributed by atoms with van der Waals surface area (Å²) >= 11 is 0. The molecule has 118 valence electrons. The van der Waals surface area contributed by atoms with E-state index in [1.165, 1.54) is 6.92 Å². The Balaban J connectivity index is 1.86. The van der Waals surface area contributed by atoms with Gasteiger partial charge in [0.1, 0.15) is 16.6 Å². The number of amides is 1. The van der Waals surface area contributed by atoms with Crippen LogP contribution in [-0.2, 0) is 14.6 Å². The summed E-state index contributed by atoms with van der Waals surface area (Å²) in [6.07, 6.45) is 3.09. The van der Waals surface area contributed by atoms with Gasteiger partial charge >= 0.3 is 0 Å². The van der Waals surface area contributed by atoms with Crippen LogP contribution in [0, 0.1) is 5.92 Å². The molecule has 2 atom stereocenters. The number of rotatable bonds is 5. The van der Waals surface area contributed by atoms with Crippen molar-refractivity contribution in [3.8, 4) is 0 Å². The Morgan fingerprint density at radius 1 is 1.32 bits per heavy atom. The largest absolute Gasteiger partial charge is 0.459 e. The average Bonchev–Trinajstić information content (AvgIpc) is 3.20. The van der Waals surface area contributed by atoms with Crippen molar-refractivity contribution in [2.24, 2.45) is 5.92 Å². The number of hydrogen-bond acceptors (Lipinski definition) is 4. The van der Waals surface area contributed by atoms with E-state index < -0.39 is 21.0 Å². The van der Waals surface area contributed by atoms with Crippen molar-refractivity contribution < 1.29 is 17.6 Å². The van der Waals surface area contributed by atoms with Gasteiger partial charge in [-0.3, -0.25) is 4.79 Å². The van der Waals surface area contributed by atoms with E-state index in [1.54, 1.807) is 0 Å². The molecule has 1 aromatic carbocycles. The Bertz CT molecular complexity index is 771. The lowest BCUT2D eigenvalue weighted by Crippen LogP contribution is -2.40. The van der Waals surface area contributed by atoms with E-state index in [-0.39, 0.29) is 6.04 Å². The normalized spacial score (nSPS) is 18.1. The van der Waals surface area contributed by atoms with Crippen LogP contribution in [0.4, 0.5) is 0 Å². The van der Waals surface area contributed by atoms with Crippen LogP contribution in [0.1, 0.15) is 31.6 Å². The number of hydrogen-bond donors (Lipinski definition) is 1. The van der Waals surface area contributed by atoms with Gasteiger partial charge < -0.3 is 9.73 Å². The number of sulfone groups is 1. The number of carbonyl (C=O) groups excluding carboxylic acids is 1. The zero-order chi connectivity index (χ0) is 15.9. The summed E-state index contributed by atoms with van der Waals surface area (Å²) in [5.74, 6) is 0.536. The van der Waals surface area contributed by atoms with Crippen LogP contribution in [0.5, 0.6) is 0 Å². The van der Waals surface area contributed by atoms with Gasteiger partial charge in [-0.25, -0.2) is 8.42 Å². The number of benzene rings is 1. The van der Waals surface area contributed by atoms with Crippen molar-refractivity contribution in [2.75, 3.05) is 6.26 Å². The lowest BCUT2D eigenvalue weighted by molar-refractivity contribution is -0.121. The number of fused-ring (bicyclic) bond motifs is 1. The van der Waals surface area contributed by atoms with Crippen LogP contribution in [-0.4, -0.2) is 25.8 Å². The van der Waals surface area contributed by atoms with Crippen molar-refractivity contribution in [3.63, 3.8) is 0 Å². The number of para-hydroxylation sites is 1. The minimum absolute atomic E-state index is 0.260. The Morgan fingerprint density at radius 3 is 2.59 bits per heavy atom. The first-order valence-corrected chi connectivity index (χ1v) is 9.29. The van der Waals surface area contributed by atoms with Crippen molar-refractivity contribution in [1.82, 2.24) is 5.32 Å². The molecule has 1 aliphatic rings. The molecular formula is C16H19NO4S. The van der Waals surface area contributed by atoms with Gasteiger partial charge in [0, 0.05) is 11.6 Å². The first-order chi connectivity index (χ1) is 10.4. The average molecular weight is 321 g/mol. The minimum atomic E-state index is -3.40. The first-order valence-electron chi connectivity index (χ1n) is 7.34. The van der Waals surface area contributed by atoms with Gasteiger partial charge in [-0.1, -0.05) is 18.2 Å². The summed E-state index contributed by atoms with van der Waals surface area (Å²) in [5, 5.41) is 2.77. The SMILES string of the molecule is C[C@@H](C(=O)N[C@H](c1cc2ccccc2o1)C1CC1)S(C)(=O)=O. The van der Waals surface area contributed by atoms with Crippen LogP contribution in [0.15, 0.2) is 34.7 Å². The fourth-order valence-electron chi connectivity index (χ4n) is 2.47. The third-order valence-corrected chi connectivity index (χ3v) is 5.65. The number of furan rings is 1. The first kappa shape index (κ1) is 15.1. The predicted molar refractivity (Wildman–Crippen MR) is 84.1 cm³/mol. The zero-order valence-electron chi connectivity index (χ0n) is 12.6. The van der Waals surface area contributed by atoms with Crippen molar-refractivity contribution >= 4 is 26.7 Å². The molecule has 1 fully saturated rings. The minimum Gasteiger partial charge on any atom is -0.459 e. The molecule has 3 rings (SSSR count). The quantitative estimate of drug-likeness (QED) is 0.917. The van der Waals surface area contributed by atoms with E-state index in [9.17, 15) is 13.2 Å². The van der Waals surface area contributed by atoms with Crippen molar-refractivity contribution in [3.05, 3.63) is 36.1 Å². The molecule has 0 aliphatic heterocycles. The van der Waals surface area contributed by atoms with Crippen LogP contribution in [0.25, 0.3) is 11.0 Å². The smallest absolute Gasteiger partial charge is 0.238 e. The highest BCUT2D eigenvalue weighted by Crippen LogP contribution is 2.42. The van der Waals surface area contributed by atoms with E-state index in [2.05, 4.69) is 5.32 Å². The molecule has 5 nitrogen and oxygen atoms in total. The molecule has 0 saturated heterocycles. The van der Waals surface area contributed by atoms with Crippen LogP contribution < -0.4 is 5.32 Å². The predicted octanol–water partition coefficient (Wildman–Crippen LogP) is 2.43. The highest BCUT2D eigenvalue weighted by atomic mass is 32.2. The third-order valence-electron chi connectivity index (χ3n) is 4.15. The third kappa shape index (κ3) is 3.02. The van der Waals surface area contributed by atoms with Crippen molar-refractivity contribution in [1.29, 1.82) is 0 Å². The molecule has 1 N–H and O–H groups in total. The molecule has 0 spiro atoms. The van der Waals surface area contributed by atoms with E-state index in [0.717, 1.165) is 30.1 Å². The fraction of sp³-hybridized carbons (Fsp3) is 0.438. The second-order valence-corrected chi connectivity index (χ2v) is 8.35. The molecule has 22 heavy (non-hydrogen) atoms. The summed E-state index contributed by atoms with van der Waals surface area (Å²) in [6.45, 7) is 1.41. The summed E-state index contributed by atoms with van der Waals surface area (Å²) in [6, 6.07) is 9.31. The summed E-state index contributed by atoms with van der Waals surface area (Å²) in [5.41, 5.74) is 0.772. The van der Waals surface area contributed by atoms with E-state index in [1.807, 2.05) is 30.3 Å². The number of nitrogens with one attached hydrogen (secondary N) is 1. The maximum atomic E-state index is 12.2. The van der Waals surface area contributed by atoms with Gasteiger partial charge in [0.05, 0.1) is 6.04 Å². The van der Waals surface area contributed by atoms with Gasteiger partial charge in [0.2, 0.25) is 5.91 Å². The monoisotopic (exact) mass is 321 g/mol. The molecule has 1 saturated carbocycles. The van der Waals surface area contributed by atoms with Gasteiger partial charge in [-0.05, 0) is 37.8 Å². The van der Waals surface area contributed by atoms with Crippen LogP contribution in [0.3, 0.4) is 0 Å². The van der Waals surface area contributed by atoms with Gasteiger partial charge in [0.25, 0.3) is 0 Å². The lowest BCUT2D eigenvalue weighted by Gasteiger charge is -2.18. The fourth-order valence-corrected chi connectivity index (χ4v) is 2.93. The molecular weight excluding hydrogens is 302 g/mol. The van der Waals surface area contributed by atoms with Crippen LogP contribution in [0.2, 0.25) is 0 Å².